The predicted octanol–water partition coefficient (Wildman–Crippen LogP) is 8.55. The minimum Gasteiger partial charge on any atom is -0.228 e. The van der Waals surface area contributed by atoms with Gasteiger partial charge in [0.1, 0.15) is 7.85 Å². The van der Waals surface area contributed by atoms with Crippen molar-refractivity contribution < 1.29 is 0 Å². The molecule has 0 saturated heterocycles. The van der Waals surface area contributed by atoms with Gasteiger partial charge < -0.3 is 0 Å². The van der Waals surface area contributed by atoms with Crippen LogP contribution in [0.1, 0.15) is 0 Å². The minimum atomic E-state index is 0.707. The Morgan fingerprint density at radius 3 is 1.72 bits per heavy atom. The Balaban J connectivity index is 1.34. The molecule has 0 amide bonds. The maximum absolute atomic E-state index is 6.36. The molecule has 0 unspecified atom stereocenters. The smallest absolute Gasteiger partial charge is 0.160 e. The lowest BCUT2D eigenvalue weighted by Crippen LogP contribution is -2.08. The van der Waals surface area contributed by atoms with Gasteiger partial charge >= 0.3 is 0 Å². The fraction of sp³-hybridized carbons (Fsp3) is 0. The fourth-order valence-electron chi connectivity index (χ4n) is 4.79. The van der Waals surface area contributed by atoms with Crippen LogP contribution in [0.4, 0.5) is 0 Å². The molecule has 5 heteroatoms. The van der Waals surface area contributed by atoms with Crippen LogP contribution >= 0.6 is 23.5 Å². The van der Waals surface area contributed by atoms with Gasteiger partial charge in [-0.15, -0.1) is 0 Å². The zero-order valence-electron chi connectivity index (χ0n) is 20.9. The summed E-state index contributed by atoms with van der Waals surface area (Å²) < 4.78 is 0. The largest absolute Gasteiger partial charge is 0.228 e. The van der Waals surface area contributed by atoms with Gasteiger partial charge in [-0.05, 0) is 35.4 Å². The van der Waals surface area contributed by atoms with Gasteiger partial charge in [0.15, 0.2) is 5.82 Å². The summed E-state index contributed by atoms with van der Waals surface area (Å²) >= 11 is 3.53. The van der Waals surface area contributed by atoms with Crippen molar-refractivity contribution in [1.29, 1.82) is 0 Å². The molecular weight excluding hydrogens is 511 g/mol. The first-order valence-electron chi connectivity index (χ1n) is 12.7. The van der Waals surface area contributed by atoms with E-state index in [1.165, 1.54) is 20.2 Å². The fourth-order valence-corrected chi connectivity index (χ4v) is 7.25. The third-order valence-electron chi connectivity index (χ3n) is 6.71. The van der Waals surface area contributed by atoms with Gasteiger partial charge in [0.25, 0.3) is 0 Å². The number of hydrogen-bond donors (Lipinski definition) is 0. The second-order valence-corrected chi connectivity index (χ2v) is 11.4. The summed E-state index contributed by atoms with van der Waals surface area (Å²) in [5.41, 5.74) is 8.05. The van der Waals surface area contributed by atoms with Crippen molar-refractivity contribution in [3.8, 4) is 45.0 Å². The summed E-state index contributed by atoms with van der Waals surface area (Å²) in [7, 11) is 6.36. The average molecular weight is 533 g/mol. The highest BCUT2D eigenvalue weighted by Gasteiger charge is 2.21. The molecule has 6 aromatic rings. The molecule has 2 heterocycles. The molecule has 1 aliphatic heterocycles. The first kappa shape index (κ1) is 24.0. The van der Waals surface area contributed by atoms with Gasteiger partial charge in [-0.1, -0.05) is 132 Å². The van der Waals surface area contributed by atoms with Crippen molar-refractivity contribution in [3.05, 3.63) is 127 Å². The summed E-state index contributed by atoms with van der Waals surface area (Å²) in [6.45, 7) is 0. The lowest BCUT2D eigenvalue weighted by molar-refractivity contribution is 1.17. The second-order valence-electron chi connectivity index (χ2n) is 9.29. The highest BCUT2D eigenvalue weighted by molar-refractivity contribution is 8.05. The van der Waals surface area contributed by atoms with Crippen LogP contribution in [-0.2, 0) is 0 Å². The first-order chi connectivity index (χ1) is 19.2. The Morgan fingerprint density at radius 2 is 1.03 bits per heavy atom. The summed E-state index contributed by atoms with van der Waals surface area (Å²) in [6, 6.07) is 43.8. The van der Waals surface area contributed by atoms with Crippen LogP contribution in [0.25, 0.3) is 45.0 Å². The van der Waals surface area contributed by atoms with Crippen molar-refractivity contribution in [2.24, 2.45) is 0 Å². The van der Waals surface area contributed by atoms with E-state index in [1.54, 1.807) is 23.5 Å². The molecular formula is C34H21BN2S2. The Bertz CT molecular complexity index is 1760. The Hall–Kier alpha value is -4.06. The van der Waals surface area contributed by atoms with E-state index in [4.69, 9.17) is 17.8 Å². The normalized spacial score (nSPS) is 12.0. The van der Waals surface area contributed by atoms with E-state index >= 15 is 0 Å². The highest BCUT2D eigenvalue weighted by atomic mass is 32.2. The van der Waals surface area contributed by atoms with E-state index < -0.39 is 0 Å². The number of rotatable bonds is 4. The van der Waals surface area contributed by atoms with Crippen LogP contribution in [0.2, 0.25) is 0 Å². The van der Waals surface area contributed by atoms with Crippen LogP contribution in [-0.4, -0.2) is 17.8 Å². The standard InChI is InChI=1S/C34H21BN2S2/c35-27-17-9-19-31-33(27)39-32-26(16-8-18-30(32)38-31)24-14-7-15-25(20-24)34-36-28(22-10-3-1-4-11-22)21-29(37-34)23-12-5-2-6-13-23/h1-21H. The van der Waals surface area contributed by atoms with E-state index in [-0.39, 0.29) is 0 Å². The Kier molecular flexibility index (Phi) is 6.31. The van der Waals surface area contributed by atoms with Gasteiger partial charge in [0.2, 0.25) is 0 Å². The minimum absolute atomic E-state index is 0.707. The number of fused-ring (bicyclic) bond motifs is 2. The van der Waals surface area contributed by atoms with Gasteiger partial charge in [0, 0.05) is 36.3 Å². The Morgan fingerprint density at radius 1 is 0.462 bits per heavy atom. The van der Waals surface area contributed by atoms with Crippen molar-refractivity contribution in [2.75, 3.05) is 0 Å². The highest BCUT2D eigenvalue weighted by Crippen LogP contribution is 2.51. The van der Waals surface area contributed by atoms with Crippen molar-refractivity contribution in [2.45, 2.75) is 19.6 Å². The van der Waals surface area contributed by atoms with Crippen molar-refractivity contribution >= 4 is 36.8 Å². The second kappa shape index (κ2) is 10.3. The van der Waals surface area contributed by atoms with Gasteiger partial charge in [-0.2, -0.15) is 0 Å². The van der Waals surface area contributed by atoms with Gasteiger partial charge in [-0.25, -0.2) is 9.97 Å². The first-order valence-corrected chi connectivity index (χ1v) is 14.3. The van der Waals surface area contributed by atoms with Crippen molar-refractivity contribution in [3.63, 3.8) is 0 Å². The number of aromatic nitrogens is 2. The molecule has 2 nitrogen and oxygen atoms in total. The summed E-state index contributed by atoms with van der Waals surface area (Å²) in [5, 5.41) is 0. The van der Waals surface area contributed by atoms with E-state index in [0.29, 0.717) is 5.82 Å². The maximum Gasteiger partial charge on any atom is 0.160 e. The van der Waals surface area contributed by atoms with E-state index in [9.17, 15) is 0 Å². The average Bonchev–Trinajstić information content (AvgIpc) is 3.01. The number of nitrogens with zero attached hydrogens (tertiary/aromatic N) is 2. The molecule has 0 aliphatic carbocycles. The zero-order chi connectivity index (χ0) is 26.2. The summed E-state index contributed by atoms with van der Waals surface area (Å²) in [5.74, 6) is 0.707. The van der Waals surface area contributed by atoms with E-state index in [1.807, 2.05) is 48.5 Å². The van der Waals surface area contributed by atoms with Crippen LogP contribution in [0.5, 0.6) is 0 Å². The van der Waals surface area contributed by atoms with Crippen LogP contribution in [0, 0.1) is 0 Å². The molecule has 7 rings (SSSR count). The molecule has 0 atom stereocenters. The maximum atomic E-state index is 6.36. The monoisotopic (exact) mass is 532 g/mol. The lowest BCUT2D eigenvalue weighted by atomic mass is 9.96. The lowest BCUT2D eigenvalue weighted by Gasteiger charge is -2.22. The zero-order valence-corrected chi connectivity index (χ0v) is 22.5. The SMILES string of the molecule is [B]c1cccc2c1Sc1c(cccc1-c1cccc(-c3nc(-c4ccccc4)cc(-c4ccccc4)n3)c1)S2. The van der Waals surface area contributed by atoms with Gasteiger partial charge in [-0.3, -0.25) is 0 Å². The number of benzene rings is 5. The Labute approximate surface area is 238 Å². The van der Waals surface area contributed by atoms with E-state index in [0.717, 1.165) is 44.0 Å². The third-order valence-corrected chi connectivity index (χ3v) is 9.39. The molecule has 0 fully saturated rings. The van der Waals surface area contributed by atoms with Crippen LogP contribution in [0.15, 0.2) is 147 Å². The third kappa shape index (κ3) is 4.69. The molecule has 2 radical (unpaired) electrons. The van der Waals surface area contributed by atoms with Crippen molar-refractivity contribution in [1.82, 2.24) is 9.97 Å². The molecule has 1 aliphatic rings. The topological polar surface area (TPSA) is 25.8 Å². The van der Waals surface area contributed by atoms with Crippen LogP contribution in [0.3, 0.4) is 0 Å². The molecule has 39 heavy (non-hydrogen) atoms. The molecule has 1 aromatic heterocycles. The number of hydrogen-bond acceptors (Lipinski definition) is 4. The molecule has 5 aromatic carbocycles. The summed E-state index contributed by atoms with van der Waals surface area (Å²) in [6.07, 6.45) is 0. The molecule has 0 saturated carbocycles. The molecule has 182 valence electrons. The van der Waals surface area contributed by atoms with Crippen LogP contribution < -0.4 is 5.46 Å². The predicted molar refractivity (Wildman–Crippen MR) is 164 cm³/mol. The quantitative estimate of drug-likeness (QED) is 0.212. The molecule has 0 bridgehead atoms. The summed E-state index contributed by atoms with van der Waals surface area (Å²) in [4.78, 5) is 14.9. The molecule has 0 spiro atoms. The molecule has 0 N–H and O–H groups in total. The van der Waals surface area contributed by atoms with E-state index in [2.05, 4.69) is 78.9 Å². The van der Waals surface area contributed by atoms with Gasteiger partial charge in [0.05, 0.1) is 11.4 Å².